The molecule has 0 bridgehead atoms. The first-order valence-electron chi connectivity index (χ1n) is 5.33. The number of ether oxygens (including phenoxy) is 2. The van der Waals surface area contributed by atoms with Gasteiger partial charge in [0.05, 0.1) is 24.6 Å². The van der Waals surface area contributed by atoms with Crippen LogP contribution in [0.5, 0.6) is 5.75 Å². The van der Waals surface area contributed by atoms with Crippen molar-refractivity contribution in [2.75, 3.05) is 31.3 Å². The summed E-state index contributed by atoms with van der Waals surface area (Å²) in [5.74, 6) is -0.468. The highest BCUT2D eigenvalue weighted by atomic mass is 35.5. The molecule has 0 amide bonds. The van der Waals surface area contributed by atoms with Crippen LogP contribution in [-0.2, 0) is 4.74 Å². The van der Waals surface area contributed by atoms with Crippen LogP contribution in [0.2, 0.25) is 5.02 Å². The Labute approximate surface area is 104 Å². The number of rotatable bonds is 3. The molecule has 0 aliphatic carbocycles. The highest BCUT2D eigenvalue weighted by molar-refractivity contribution is 6.33. The predicted octanol–water partition coefficient (Wildman–Crippen LogP) is 2.06. The van der Waals surface area contributed by atoms with Crippen molar-refractivity contribution in [1.29, 1.82) is 0 Å². The monoisotopic (exact) mass is 260 g/mol. The average molecular weight is 261 g/mol. The Bertz CT molecular complexity index is 422. The summed E-state index contributed by atoms with van der Waals surface area (Å²) in [5, 5.41) is -0.156. The van der Waals surface area contributed by atoms with E-state index in [0.29, 0.717) is 19.8 Å². The lowest BCUT2D eigenvalue weighted by atomic mass is 10.1. The Balaban J connectivity index is 2.12. The van der Waals surface area contributed by atoms with Gasteiger partial charge < -0.3 is 20.9 Å². The first kappa shape index (κ1) is 12.3. The predicted molar refractivity (Wildman–Crippen MR) is 64.7 cm³/mol. The van der Waals surface area contributed by atoms with Crippen LogP contribution in [0.1, 0.15) is 6.42 Å². The quantitative estimate of drug-likeness (QED) is 0.816. The standard InChI is InChI=1S/C11H14ClFN2O2/c12-9-7(14)3-8(15)11(10(9)13)17-5-6-1-2-16-4-6/h3,6H,1-2,4-5,14-15H2. The van der Waals surface area contributed by atoms with Crippen molar-refractivity contribution in [2.24, 2.45) is 5.92 Å². The molecular formula is C11H14ClFN2O2. The van der Waals surface area contributed by atoms with Gasteiger partial charge in [0.1, 0.15) is 5.02 Å². The first-order chi connectivity index (χ1) is 8.09. The van der Waals surface area contributed by atoms with Crippen molar-refractivity contribution < 1.29 is 13.9 Å². The molecule has 1 fully saturated rings. The van der Waals surface area contributed by atoms with E-state index in [1.54, 1.807) is 0 Å². The number of nitrogens with two attached hydrogens (primary N) is 2. The van der Waals surface area contributed by atoms with Gasteiger partial charge in [-0.15, -0.1) is 0 Å². The molecule has 1 aliphatic heterocycles. The summed E-state index contributed by atoms with van der Waals surface area (Å²) in [6.07, 6.45) is 0.907. The molecule has 0 radical (unpaired) electrons. The lowest BCUT2D eigenvalue weighted by Gasteiger charge is -2.14. The maximum absolute atomic E-state index is 13.7. The minimum Gasteiger partial charge on any atom is -0.488 e. The third kappa shape index (κ3) is 2.56. The molecule has 1 aromatic carbocycles. The Hall–Kier alpha value is -1.20. The maximum atomic E-state index is 13.7. The van der Waals surface area contributed by atoms with Crippen molar-refractivity contribution in [3.8, 4) is 5.75 Å². The van der Waals surface area contributed by atoms with E-state index in [1.807, 2.05) is 0 Å². The molecule has 1 atom stereocenters. The van der Waals surface area contributed by atoms with E-state index in [9.17, 15) is 4.39 Å². The summed E-state index contributed by atoms with van der Waals surface area (Å²) in [6.45, 7) is 1.71. The zero-order valence-corrected chi connectivity index (χ0v) is 9.97. The maximum Gasteiger partial charge on any atom is 0.187 e. The highest BCUT2D eigenvalue weighted by Gasteiger charge is 2.20. The molecule has 4 nitrogen and oxygen atoms in total. The summed E-state index contributed by atoms with van der Waals surface area (Å²) in [7, 11) is 0. The van der Waals surface area contributed by atoms with Gasteiger partial charge in [0.15, 0.2) is 11.6 Å². The van der Waals surface area contributed by atoms with Crippen molar-refractivity contribution >= 4 is 23.0 Å². The van der Waals surface area contributed by atoms with Crippen LogP contribution < -0.4 is 16.2 Å². The summed E-state index contributed by atoms with van der Waals surface area (Å²) >= 11 is 5.69. The third-order valence-corrected chi connectivity index (χ3v) is 3.09. The Morgan fingerprint density at radius 1 is 1.47 bits per heavy atom. The topological polar surface area (TPSA) is 70.5 Å². The number of anilines is 2. The van der Waals surface area contributed by atoms with E-state index in [1.165, 1.54) is 6.07 Å². The van der Waals surface area contributed by atoms with Crippen LogP contribution in [0.15, 0.2) is 6.07 Å². The van der Waals surface area contributed by atoms with Crippen molar-refractivity contribution in [2.45, 2.75) is 6.42 Å². The SMILES string of the molecule is Nc1cc(N)c(OCC2CCOC2)c(F)c1Cl. The minimum atomic E-state index is -0.705. The summed E-state index contributed by atoms with van der Waals surface area (Å²) < 4.78 is 24.3. The average Bonchev–Trinajstić information content (AvgIpc) is 2.79. The van der Waals surface area contributed by atoms with Gasteiger partial charge in [0.2, 0.25) is 0 Å². The van der Waals surface area contributed by atoms with Crippen LogP contribution >= 0.6 is 11.6 Å². The zero-order valence-electron chi connectivity index (χ0n) is 9.21. The lowest BCUT2D eigenvalue weighted by molar-refractivity contribution is 0.166. The second-order valence-electron chi connectivity index (χ2n) is 4.05. The Kier molecular flexibility index (Phi) is 3.59. The molecule has 17 heavy (non-hydrogen) atoms. The molecule has 1 heterocycles. The van der Waals surface area contributed by atoms with Crippen LogP contribution in [-0.4, -0.2) is 19.8 Å². The summed E-state index contributed by atoms with van der Waals surface area (Å²) in [6, 6.07) is 1.39. The van der Waals surface area contributed by atoms with E-state index in [2.05, 4.69) is 0 Å². The van der Waals surface area contributed by atoms with Gasteiger partial charge in [0, 0.05) is 12.5 Å². The molecule has 6 heteroatoms. The van der Waals surface area contributed by atoms with Gasteiger partial charge in [0.25, 0.3) is 0 Å². The largest absolute Gasteiger partial charge is 0.488 e. The van der Waals surface area contributed by atoms with E-state index in [4.69, 9.17) is 32.5 Å². The molecule has 1 aromatic rings. The molecule has 2 rings (SSSR count). The molecule has 94 valence electrons. The van der Waals surface area contributed by atoms with Gasteiger partial charge in [-0.3, -0.25) is 0 Å². The van der Waals surface area contributed by atoms with E-state index in [-0.39, 0.29) is 28.1 Å². The molecule has 0 spiro atoms. The van der Waals surface area contributed by atoms with E-state index >= 15 is 0 Å². The normalized spacial score (nSPS) is 19.5. The molecule has 4 N–H and O–H groups in total. The molecule has 1 saturated heterocycles. The van der Waals surface area contributed by atoms with Crippen molar-refractivity contribution in [3.05, 3.63) is 16.9 Å². The number of hydrogen-bond donors (Lipinski definition) is 2. The van der Waals surface area contributed by atoms with Crippen molar-refractivity contribution in [1.82, 2.24) is 0 Å². The number of benzene rings is 1. The van der Waals surface area contributed by atoms with Crippen LogP contribution in [0.3, 0.4) is 0 Å². The fourth-order valence-corrected chi connectivity index (χ4v) is 1.85. The number of hydrogen-bond acceptors (Lipinski definition) is 4. The van der Waals surface area contributed by atoms with Gasteiger partial charge in [-0.1, -0.05) is 11.6 Å². The van der Waals surface area contributed by atoms with Crippen LogP contribution in [0, 0.1) is 11.7 Å². The summed E-state index contributed by atoms with van der Waals surface area (Å²) in [4.78, 5) is 0. The summed E-state index contributed by atoms with van der Waals surface area (Å²) in [5.41, 5.74) is 11.4. The zero-order chi connectivity index (χ0) is 12.4. The molecule has 0 saturated carbocycles. The van der Waals surface area contributed by atoms with Crippen LogP contribution in [0.4, 0.5) is 15.8 Å². The molecule has 1 unspecified atom stereocenters. The first-order valence-corrected chi connectivity index (χ1v) is 5.71. The third-order valence-electron chi connectivity index (χ3n) is 2.71. The molecule has 1 aliphatic rings. The van der Waals surface area contributed by atoms with Gasteiger partial charge in [-0.05, 0) is 12.5 Å². The van der Waals surface area contributed by atoms with Gasteiger partial charge in [-0.25, -0.2) is 4.39 Å². The number of halogens is 2. The second kappa shape index (κ2) is 4.98. The Morgan fingerprint density at radius 3 is 2.88 bits per heavy atom. The van der Waals surface area contributed by atoms with Crippen molar-refractivity contribution in [3.63, 3.8) is 0 Å². The number of nitrogen functional groups attached to an aromatic ring is 2. The van der Waals surface area contributed by atoms with Crippen LogP contribution in [0.25, 0.3) is 0 Å². The fourth-order valence-electron chi connectivity index (χ4n) is 1.71. The van der Waals surface area contributed by atoms with E-state index in [0.717, 1.165) is 6.42 Å². The molecule has 0 aromatic heterocycles. The minimum absolute atomic E-state index is 0.0314. The highest BCUT2D eigenvalue weighted by Crippen LogP contribution is 2.35. The van der Waals surface area contributed by atoms with E-state index < -0.39 is 5.82 Å². The molecular weight excluding hydrogens is 247 g/mol. The smallest absolute Gasteiger partial charge is 0.187 e. The lowest BCUT2D eigenvalue weighted by Crippen LogP contribution is -2.13. The second-order valence-corrected chi connectivity index (χ2v) is 4.43. The Morgan fingerprint density at radius 2 is 2.24 bits per heavy atom. The fraction of sp³-hybridized carbons (Fsp3) is 0.455. The van der Waals surface area contributed by atoms with Gasteiger partial charge >= 0.3 is 0 Å². The van der Waals surface area contributed by atoms with Gasteiger partial charge in [-0.2, -0.15) is 0 Å².